The Kier molecular flexibility index (Phi) is 37.5. The molecule has 0 aliphatic heterocycles. The lowest BCUT2D eigenvalue weighted by Gasteiger charge is -2.19. The average molecular weight is 746 g/mol. The van der Waals surface area contributed by atoms with Crippen molar-refractivity contribution in [3.63, 3.8) is 0 Å². The zero-order chi connectivity index (χ0) is 37.5. The van der Waals surface area contributed by atoms with Crippen molar-refractivity contribution < 1.29 is 37.6 Å². The van der Waals surface area contributed by atoms with Crippen molar-refractivity contribution in [3.05, 3.63) is 12.2 Å². The summed E-state index contributed by atoms with van der Waals surface area (Å²) < 4.78 is 32.7. The molecule has 0 fully saturated rings. The molecule has 0 aromatic carbocycles. The van der Waals surface area contributed by atoms with Crippen LogP contribution in [0.1, 0.15) is 206 Å². The first-order valence-electron chi connectivity index (χ1n) is 21.2. The minimum atomic E-state index is -4.37. The molecule has 0 heterocycles. The number of carbonyl (C=O) groups excluding carboxylic acids is 2. The quantitative estimate of drug-likeness (QED) is 0.0272. The van der Waals surface area contributed by atoms with Gasteiger partial charge in [0.05, 0.1) is 13.2 Å². The Labute approximate surface area is 313 Å². The fourth-order valence-corrected chi connectivity index (χ4v) is 6.75. The number of ether oxygens (including phenoxy) is 2. The van der Waals surface area contributed by atoms with Crippen LogP contribution in [0.5, 0.6) is 0 Å². The summed E-state index contributed by atoms with van der Waals surface area (Å²) >= 11 is 0. The van der Waals surface area contributed by atoms with Crippen LogP contribution in [0.4, 0.5) is 0 Å². The summed E-state index contributed by atoms with van der Waals surface area (Å²) in [6, 6.07) is 0. The van der Waals surface area contributed by atoms with E-state index in [1.54, 1.807) is 0 Å². The Morgan fingerprint density at radius 3 is 1.41 bits per heavy atom. The van der Waals surface area contributed by atoms with Crippen LogP contribution in [0.25, 0.3) is 0 Å². The highest BCUT2D eigenvalue weighted by atomic mass is 31.2. The van der Waals surface area contributed by atoms with Gasteiger partial charge in [-0.25, -0.2) is 4.57 Å². The predicted octanol–water partition coefficient (Wildman–Crippen LogP) is 11.8. The summed E-state index contributed by atoms with van der Waals surface area (Å²) in [4.78, 5) is 34.8. The van der Waals surface area contributed by atoms with Crippen LogP contribution in [0, 0.1) is 0 Å². The molecule has 51 heavy (non-hydrogen) atoms. The Bertz CT molecular complexity index is 856. The number of carbonyl (C=O) groups is 2. The topological polar surface area (TPSA) is 134 Å². The highest BCUT2D eigenvalue weighted by Gasteiger charge is 2.26. The normalized spacial score (nSPS) is 13.4. The average Bonchev–Trinajstić information content (AvgIpc) is 3.11. The highest BCUT2D eigenvalue weighted by molar-refractivity contribution is 7.47. The minimum absolute atomic E-state index is 0.0547. The summed E-state index contributed by atoms with van der Waals surface area (Å²) in [6.07, 6.45) is 38.1. The lowest BCUT2D eigenvalue weighted by atomic mass is 10.0. The standard InChI is InChI=1S/C41H80NO8P/c1-3-5-7-9-11-13-15-17-18-19-20-22-23-25-27-29-31-33-40(43)47-37-39(38-49-51(45,46)48-36-35-42)50-41(44)34-32-30-28-26-24-21-16-14-12-10-8-6-4-2/h14,16,39H,3-13,15,17-38,42H2,1-2H3,(H,45,46)/b16-14-/t39-/m1/s1. The van der Waals surface area contributed by atoms with E-state index in [1.807, 2.05) is 0 Å². The van der Waals surface area contributed by atoms with Gasteiger partial charge in [0.15, 0.2) is 6.10 Å². The molecule has 0 aliphatic carbocycles. The second kappa shape index (κ2) is 38.5. The van der Waals surface area contributed by atoms with Crippen LogP contribution in [0.3, 0.4) is 0 Å². The molecule has 0 aromatic heterocycles. The Morgan fingerprint density at radius 2 is 0.961 bits per heavy atom. The molecule has 2 atom stereocenters. The second-order valence-corrected chi connectivity index (χ2v) is 15.7. The summed E-state index contributed by atoms with van der Waals surface area (Å²) in [7, 11) is -4.37. The molecule has 0 saturated heterocycles. The Hall–Kier alpha value is -1.25. The van der Waals surface area contributed by atoms with Gasteiger partial charge in [-0.05, 0) is 38.5 Å². The largest absolute Gasteiger partial charge is 0.472 e. The fourth-order valence-electron chi connectivity index (χ4n) is 5.98. The predicted molar refractivity (Wildman–Crippen MR) is 211 cm³/mol. The van der Waals surface area contributed by atoms with E-state index in [2.05, 4.69) is 26.0 Å². The third-order valence-electron chi connectivity index (χ3n) is 9.15. The van der Waals surface area contributed by atoms with Crippen molar-refractivity contribution in [1.82, 2.24) is 0 Å². The number of phosphoric acid groups is 1. The van der Waals surface area contributed by atoms with Crippen molar-refractivity contribution in [2.75, 3.05) is 26.4 Å². The summed E-state index contributed by atoms with van der Waals surface area (Å²) in [5.41, 5.74) is 5.34. The molecular weight excluding hydrogens is 665 g/mol. The molecule has 1 unspecified atom stereocenters. The third kappa shape index (κ3) is 38.3. The number of hydrogen-bond donors (Lipinski definition) is 2. The Morgan fingerprint density at radius 1 is 0.569 bits per heavy atom. The number of unbranched alkanes of at least 4 members (excludes halogenated alkanes) is 25. The van der Waals surface area contributed by atoms with Gasteiger partial charge in [-0.1, -0.05) is 167 Å². The molecule has 10 heteroatoms. The molecule has 0 aliphatic rings. The lowest BCUT2D eigenvalue weighted by Crippen LogP contribution is -2.29. The molecular formula is C41H80NO8P. The number of phosphoric ester groups is 1. The van der Waals surface area contributed by atoms with Crippen LogP contribution in [0.15, 0.2) is 12.2 Å². The van der Waals surface area contributed by atoms with Gasteiger partial charge in [0.2, 0.25) is 0 Å². The number of allylic oxidation sites excluding steroid dienone is 2. The molecule has 0 spiro atoms. The van der Waals surface area contributed by atoms with Crippen molar-refractivity contribution >= 4 is 19.8 Å². The maximum Gasteiger partial charge on any atom is 0.472 e. The summed E-state index contributed by atoms with van der Waals surface area (Å²) in [5.74, 6) is -0.829. The van der Waals surface area contributed by atoms with Crippen molar-refractivity contribution in [2.24, 2.45) is 5.73 Å². The van der Waals surface area contributed by atoms with E-state index in [0.717, 1.165) is 51.4 Å². The first-order chi connectivity index (χ1) is 24.8. The van der Waals surface area contributed by atoms with E-state index in [1.165, 1.54) is 122 Å². The van der Waals surface area contributed by atoms with Crippen LogP contribution in [-0.4, -0.2) is 49.3 Å². The highest BCUT2D eigenvalue weighted by Crippen LogP contribution is 2.43. The van der Waals surface area contributed by atoms with E-state index in [-0.39, 0.29) is 38.6 Å². The van der Waals surface area contributed by atoms with Crippen LogP contribution in [-0.2, 0) is 32.7 Å². The van der Waals surface area contributed by atoms with Crippen molar-refractivity contribution in [3.8, 4) is 0 Å². The van der Waals surface area contributed by atoms with E-state index in [0.29, 0.717) is 6.42 Å². The van der Waals surface area contributed by atoms with E-state index >= 15 is 0 Å². The lowest BCUT2D eigenvalue weighted by molar-refractivity contribution is -0.161. The fraction of sp³-hybridized carbons (Fsp3) is 0.902. The molecule has 0 aromatic rings. The van der Waals surface area contributed by atoms with Gasteiger partial charge in [0.1, 0.15) is 6.61 Å². The molecule has 0 bridgehead atoms. The Balaban J connectivity index is 4.12. The van der Waals surface area contributed by atoms with Crippen LogP contribution in [0.2, 0.25) is 0 Å². The monoisotopic (exact) mass is 746 g/mol. The van der Waals surface area contributed by atoms with Gasteiger partial charge in [-0.15, -0.1) is 0 Å². The number of nitrogens with two attached hydrogens (primary N) is 1. The number of rotatable bonds is 40. The maximum atomic E-state index is 12.5. The number of hydrogen-bond acceptors (Lipinski definition) is 8. The SMILES string of the molecule is CCCCCC/C=C\CCCCCCCC(=O)O[C@H](COC(=O)CCCCCCCCCCCCCCCCCCC)COP(=O)(O)OCCN. The van der Waals surface area contributed by atoms with Gasteiger partial charge in [-0.3, -0.25) is 18.6 Å². The van der Waals surface area contributed by atoms with Crippen molar-refractivity contribution in [2.45, 2.75) is 213 Å². The molecule has 0 rings (SSSR count). The summed E-state index contributed by atoms with van der Waals surface area (Å²) in [5, 5.41) is 0. The zero-order valence-electron chi connectivity index (χ0n) is 33.1. The first-order valence-corrected chi connectivity index (χ1v) is 22.7. The molecule has 0 amide bonds. The molecule has 3 N–H and O–H groups in total. The summed E-state index contributed by atoms with van der Waals surface area (Å²) in [6.45, 7) is 3.73. The maximum absolute atomic E-state index is 12.5. The zero-order valence-corrected chi connectivity index (χ0v) is 34.0. The molecule has 9 nitrogen and oxygen atoms in total. The van der Waals surface area contributed by atoms with E-state index in [4.69, 9.17) is 24.3 Å². The van der Waals surface area contributed by atoms with Crippen LogP contribution < -0.4 is 5.73 Å². The molecule has 0 radical (unpaired) electrons. The third-order valence-corrected chi connectivity index (χ3v) is 10.1. The first kappa shape index (κ1) is 49.8. The van der Waals surface area contributed by atoms with Gasteiger partial charge >= 0.3 is 19.8 Å². The van der Waals surface area contributed by atoms with Gasteiger partial charge in [-0.2, -0.15) is 0 Å². The van der Waals surface area contributed by atoms with Gasteiger partial charge < -0.3 is 20.1 Å². The minimum Gasteiger partial charge on any atom is -0.462 e. The van der Waals surface area contributed by atoms with Gasteiger partial charge in [0.25, 0.3) is 0 Å². The number of esters is 2. The second-order valence-electron chi connectivity index (χ2n) is 14.2. The molecule has 0 saturated carbocycles. The van der Waals surface area contributed by atoms with E-state index in [9.17, 15) is 19.0 Å². The van der Waals surface area contributed by atoms with Gasteiger partial charge in [0, 0.05) is 19.4 Å². The smallest absolute Gasteiger partial charge is 0.462 e. The molecule has 302 valence electrons. The van der Waals surface area contributed by atoms with Crippen LogP contribution >= 0.6 is 7.82 Å². The van der Waals surface area contributed by atoms with Crippen molar-refractivity contribution in [1.29, 1.82) is 0 Å². The van der Waals surface area contributed by atoms with E-state index < -0.39 is 26.5 Å².